The number of aliphatic carboxylic acids is 1. The molecule has 1 saturated heterocycles. The van der Waals surface area contributed by atoms with Crippen molar-refractivity contribution in [1.82, 2.24) is 0 Å². The van der Waals surface area contributed by atoms with Crippen molar-refractivity contribution in [3.8, 4) is 0 Å². The van der Waals surface area contributed by atoms with E-state index >= 15 is 0 Å². The maximum Gasteiger partial charge on any atom is 0.329 e. The van der Waals surface area contributed by atoms with Gasteiger partial charge in [0.25, 0.3) is 0 Å². The first kappa shape index (κ1) is 12.8. The van der Waals surface area contributed by atoms with Crippen LogP contribution in [-0.2, 0) is 4.79 Å². The third-order valence-electron chi connectivity index (χ3n) is 2.98. The third kappa shape index (κ3) is 2.96. The fourth-order valence-corrected chi connectivity index (χ4v) is 3.38. The number of carboxylic acids is 1. The Labute approximate surface area is 113 Å². The number of carbonyl (C=O) groups is 1. The molecule has 17 heavy (non-hydrogen) atoms. The molecule has 1 aromatic rings. The SMILES string of the molecule is O=C(O)C1(Nc2ccc(Br)cc2)CCSCC1. The molecule has 1 aromatic carbocycles. The molecule has 0 spiro atoms. The number of nitrogens with one attached hydrogen (secondary N) is 1. The number of thioether (sulfide) groups is 1. The number of rotatable bonds is 3. The zero-order valence-corrected chi connectivity index (χ0v) is 11.7. The van der Waals surface area contributed by atoms with E-state index in [1.165, 1.54) is 0 Å². The largest absolute Gasteiger partial charge is 0.480 e. The molecule has 0 aromatic heterocycles. The summed E-state index contributed by atoms with van der Waals surface area (Å²) >= 11 is 5.18. The lowest BCUT2D eigenvalue weighted by molar-refractivity contribution is -0.142. The maximum atomic E-state index is 11.5. The van der Waals surface area contributed by atoms with Gasteiger partial charge in [0.2, 0.25) is 0 Å². The first-order chi connectivity index (χ1) is 8.12. The Kier molecular flexibility index (Phi) is 3.99. The van der Waals surface area contributed by atoms with Crippen molar-refractivity contribution < 1.29 is 9.90 Å². The average molecular weight is 316 g/mol. The van der Waals surface area contributed by atoms with E-state index in [9.17, 15) is 9.90 Å². The van der Waals surface area contributed by atoms with Crippen LogP contribution >= 0.6 is 27.7 Å². The van der Waals surface area contributed by atoms with Gasteiger partial charge in [0.1, 0.15) is 5.54 Å². The lowest BCUT2D eigenvalue weighted by Gasteiger charge is -2.34. The summed E-state index contributed by atoms with van der Waals surface area (Å²) < 4.78 is 0.992. The van der Waals surface area contributed by atoms with Crippen molar-refractivity contribution in [2.75, 3.05) is 16.8 Å². The van der Waals surface area contributed by atoms with Crippen LogP contribution in [0.5, 0.6) is 0 Å². The highest BCUT2D eigenvalue weighted by atomic mass is 79.9. The topological polar surface area (TPSA) is 49.3 Å². The summed E-state index contributed by atoms with van der Waals surface area (Å²) in [5.41, 5.74) is 0.0708. The van der Waals surface area contributed by atoms with Crippen molar-refractivity contribution in [2.24, 2.45) is 0 Å². The maximum absolute atomic E-state index is 11.5. The second-order valence-corrected chi connectivity index (χ2v) is 6.27. The Bertz CT molecular complexity index is 401. The zero-order valence-electron chi connectivity index (χ0n) is 9.28. The van der Waals surface area contributed by atoms with Crippen molar-refractivity contribution in [3.05, 3.63) is 28.7 Å². The molecule has 5 heteroatoms. The van der Waals surface area contributed by atoms with Crippen molar-refractivity contribution in [3.63, 3.8) is 0 Å². The van der Waals surface area contributed by atoms with E-state index in [0.29, 0.717) is 12.8 Å². The summed E-state index contributed by atoms with van der Waals surface area (Å²) in [6.07, 6.45) is 1.34. The van der Waals surface area contributed by atoms with E-state index in [-0.39, 0.29) is 0 Å². The van der Waals surface area contributed by atoms with Gasteiger partial charge in [0, 0.05) is 10.2 Å². The van der Waals surface area contributed by atoms with E-state index in [0.717, 1.165) is 21.7 Å². The minimum absolute atomic E-state index is 0.670. The fourth-order valence-electron chi connectivity index (χ4n) is 1.92. The van der Waals surface area contributed by atoms with Crippen LogP contribution < -0.4 is 5.32 Å². The minimum atomic E-state index is -0.793. The van der Waals surface area contributed by atoms with Crippen LogP contribution in [0.1, 0.15) is 12.8 Å². The van der Waals surface area contributed by atoms with Crippen LogP contribution in [0.15, 0.2) is 28.7 Å². The van der Waals surface area contributed by atoms with Crippen LogP contribution in [0.3, 0.4) is 0 Å². The van der Waals surface area contributed by atoms with Gasteiger partial charge in [-0.1, -0.05) is 15.9 Å². The molecule has 0 unspecified atom stereocenters. The lowest BCUT2D eigenvalue weighted by atomic mass is 9.92. The van der Waals surface area contributed by atoms with Gasteiger partial charge in [0.05, 0.1) is 0 Å². The number of carboxylic acid groups (broad SMARTS) is 1. The second kappa shape index (κ2) is 5.31. The molecular formula is C12H14BrNO2S. The Hall–Kier alpha value is -0.680. The molecule has 1 heterocycles. The minimum Gasteiger partial charge on any atom is -0.480 e. The highest BCUT2D eigenvalue weighted by Crippen LogP contribution is 2.31. The first-order valence-electron chi connectivity index (χ1n) is 5.47. The van der Waals surface area contributed by atoms with Gasteiger partial charge < -0.3 is 10.4 Å². The molecule has 1 aliphatic heterocycles. The van der Waals surface area contributed by atoms with E-state index in [4.69, 9.17) is 0 Å². The van der Waals surface area contributed by atoms with Gasteiger partial charge in [-0.3, -0.25) is 0 Å². The molecule has 0 saturated carbocycles. The van der Waals surface area contributed by atoms with Crippen molar-refractivity contribution in [2.45, 2.75) is 18.4 Å². The Balaban J connectivity index is 2.17. The third-order valence-corrected chi connectivity index (χ3v) is 4.50. The smallest absolute Gasteiger partial charge is 0.329 e. The normalized spacial score (nSPS) is 18.6. The molecule has 2 N–H and O–H groups in total. The first-order valence-corrected chi connectivity index (χ1v) is 7.42. The van der Waals surface area contributed by atoms with Crippen LogP contribution in [0.25, 0.3) is 0 Å². The number of halogens is 1. The molecule has 2 rings (SSSR count). The van der Waals surface area contributed by atoms with E-state index < -0.39 is 11.5 Å². The summed E-state index contributed by atoms with van der Waals surface area (Å²) in [7, 11) is 0. The summed E-state index contributed by atoms with van der Waals surface area (Å²) in [5, 5.41) is 12.6. The Morgan fingerprint density at radius 3 is 2.41 bits per heavy atom. The number of benzene rings is 1. The predicted molar refractivity (Wildman–Crippen MR) is 74.7 cm³/mol. The van der Waals surface area contributed by atoms with Gasteiger partial charge in [-0.25, -0.2) is 4.79 Å². The van der Waals surface area contributed by atoms with Crippen molar-refractivity contribution >= 4 is 39.3 Å². The molecule has 1 aliphatic rings. The summed E-state index contributed by atoms with van der Waals surface area (Å²) in [4.78, 5) is 11.5. The van der Waals surface area contributed by atoms with Gasteiger partial charge in [-0.15, -0.1) is 0 Å². The fraction of sp³-hybridized carbons (Fsp3) is 0.417. The molecule has 92 valence electrons. The van der Waals surface area contributed by atoms with Crippen molar-refractivity contribution in [1.29, 1.82) is 0 Å². The quantitative estimate of drug-likeness (QED) is 0.899. The van der Waals surface area contributed by atoms with Gasteiger partial charge in [-0.2, -0.15) is 11.8 Å². The highest BCUT2D eigenvalue weighted by molar-refractivity contribution is 9.10. The molecule has 0 aliphatic carbocycles. The van der Waals surface area contributed by atoms with Crippen LogP contribution in [0.2, 0.25) is 0 Å². The van der Waals surface area contributed by atoms with Crippen LogP contribution in [0.4, 0.5) is 5.69 Å². The summed E-state index contributed by atoms with van der Waals surface area (Å²) in [6.45, 7) is 0. The Morgan fingerprint density at radius 2 is 1.88 bits per heavy atom. The molecule has 3 nitrogen and oxygen atoms in total. The van der Waals surface area contributed by atoms with Crippen LogP contribution in [0, 0.1) is 0 Å². The number of hydrogen-bond acceptors (Lipinski definition) is 3. The number of hydrogen-bond donors (Lipinski definition) is 2. The Morgan fingerprint density at radius 1 is 1.29 bits per heavy atom. The zero-order chi connectivity index (χ0) is 12.3. The van der Waals surface area contributed by atoms with Gasteiger partial charge >= 0.3 is 5.97 Å². The second-order valence-electron chi connectivity index (χ2n) is 4.13. The lowest BCUT2D eigenvalue weighted by Crippen LogP contribution is -2.49. The van der Waals surface area contributed by atoms with E-state index in [1.54, 1.807) is 0 Å². The molecule has 0 amide bonds. The predicted octanol–water partition coefficient (Wildman–Crippen LogP) is 3.21. The van der Waals surface area contributed by atoms with Gasteiger partial charge in [-0.05, 0) is 48.6 Å². The summed E-state index contributed by atoms with van der Waals surface area (Å²) in [6, 6.07) is 7.62. The monoisotopic (exact) mass is 315 g/mol. The molecule has 0 atom stereocenters. The average Bonchev–Trinajstić information content (AvgIpc) is 2.33. The summed E-state index contributed by atoms with van der Waals surface area (Å²) in [5.74, 6) is 1.05. The van der Waals surface area contributed by atoms with E-state index in [1.807, 2.05) is 36.0 Å². The molecule has 0 bridgehead atoms. The standard InChI is InChI=1S/C12H14BrNO2S/c13-9-1-3-10(4-2-9)14-12(11(15)16)5-7-17-8-6-12/h1-4,14H,5-8H2,(H,15,16). The number of anilines is 1. The highest BCUT2D eigenvalue weighted by Gasteiger charge is 2.39. The van der Waals surface area contributed by atoms with Gasteiger partial charge in [0.15, 0.2) is 0 Å². The molecule has 0 radical (unpaired) electrons. The van der Waals surface area contributed by atoms with Crippen LogP contribution in [-0.4, -0.2) is 28.1 Å². The van der Waals surface area contributed by atoms with E-state index in [2.05, 4.69) is 21.2 Å². The molecular weight excluding hydrogens is 302 g/mol. The molecule has 1 fully saturated rings.